The highest BCUT2D eigenvalue weighted by Gasteiger charge is 2.23. The third kappa shape index (κ3) is 5.70. The van der Waals surface area contributed by atoms with Gasteiger partial charge in [0.1, 0.15) is 0 Å². The van der Waals surface area contributed by atoms with Crippen LogP contribution in [0.25, 0.3) is 0 Å². The molecule has 0 aliphatic carbocycles. The summed E-state index contributed by atoms with van der Waals surface area (Å²) in [6.07, 6.45) is 1.07. The van der Waals surface area contributed by atoms with E-state index in [9.17, 15) is 13.2 Å². The van der Waals surface area contributed by atoms with Crippen LogP contribution >= 0.6 is 24.2 Å². The Balaban J connectivity index is 2.75. The first kappa shape index (κ1) is 17.3. The van der Waals surface area contributed by atoms with Crippen LogP contribution < -0.4 is 10.0 Å². The van der Waals surface area contributed by atoms with Crippen molar-refractivity contribution in [1.82, 2.24) is 10.0 Å². The van der Waals surface area contributed by atoms with Crippen LogP contribution in [0.4, 0.5) is 0 Å². The van der Waals surface area contributed by atoms with Crippen molar-refractivity contribution in [3.8, 4) is 0 Å². The van der Waals surface area contributed by atoms with E-state index in [1.165, 1.54) is 0 Å². The molecule has 0 spiro atoms. The molecule has 1 rings (SSSR count). The van der Waals surface area contributed by atoms with Crippen molar-refractivity contribution in [2.45, 2.75) is 24.3 Å². The van der Waals surface area contributed by atoms with Crippen LogP contribution in [0.2, 0.25) is 5.02 Å². The Hall–Kier alpha value is -0.760. The molecule has 5 nitrogen and oxygen atoms in total. The van der Waals surface area contributed by atoms with Crippen molar-refractivity contribution in [1.29, 1.82) is 0 Å². The van der Waals surface area contributed by atoms with Crippen LogP contribution in [-0.4, -0.2) is 32.7 Å². The molecule has 0 radical (unpaired) electrons. The first-order chi connectivity index (χ1) is 9.00. The summed E-state index contributed by atoms with van der Waals surface area (Å²) in [6, 6.07) is 4.81. The molecular formula is C12H17ClN2O3S2. The summed E-state index contributed by atoms with van der Waals surface area (Å²) in [7, 11) is -3.35. The van der Waals surface area contributed by atoms with Crippen molar-refractivity contribution in [3.05, 3.63) is 28.8 Å². The number of carbonyl (C=O) groups is 1. The molecule has 0 atom stereocenters. The fraction of sp³-hybridized carbons (Fsp3) is 0.417. The zero-order chi connectivity index (χ0) is 15.6. The first-order valence-electron chi connectivity index (χ1n) is 5.76. The molecule has 0 fully saturated rings. The van der Waals surface area contributed by atoms with E-state index >= 15 is 0 Å². The second-order valence-corrected chi connectivity index (χ2v) is 7.78. The number of hydrogen-bond donors (Lipinski definition) is 3. The Morgan fingerprint density at radius 1 is 1.40 bits per heavy atom. The van der Waals surface area contributed by atoms with Gasteiger partial charge >= 0.3 is 0 Å². The number of carbonyl (C=O) groups excluding carboxylic acids is 1. The summed E-state index contributed by atoms with van der Waals surface area (Å²) in [5.74, 6) is -0.380. The van der Waals surface area contributed by atoms with Gasteiger partial charge in [-0.1, -0.05) is 11.6 Å². The molecule has 0 saturated carbocycles. The van der Waals surface area contributed by atoms with E-state index in [2.05, 4.69) is 22.7 Å². The van der Waals surface area contributed by atoms with Gasteiger partial charge in [-0.25, -0.2) is 13.1 Å². The minimum absolute atomic E-state index is 0.131. The highest BCUT2D eigenvalue weighted by Crippen LogP contribution is 2.19. The summed E-state index contributed by atoms with van der Waals surface area (Å²) in [5.41, 5.74) is -0.497. The molecule has 0 saturated heterocycles. The van der Waals surface area contributed by atoms with Gasteiger partial charge in [0.2, 0.25) is 10.0 Å². The Morgan fingerprint density at radius 2 is 2.00 bits per heavy atom. The fourth-order valence-corrected chi connectivity index (χ4v) is 3.10. The second kappa shape index (κ2) is 6.34. The van der Waals surface area contributed by atoms with Gasteiger partial charge in [-0.05, 0) is 32.0 Å². The zero-order valence-corrected chi connectivity index (χ0v) is 13.9. The van der Waals surface area contributed by atoms with Gasteiger partial charge in [0.05, 0.1) is 16.8 Å². The number of hydrogen-bond acceptors (Lipinski definition) is 4. The molecule has 0 bridgehead atoms. The predicted molar refractivity (Wildman–Crippen MR) is 83.1 cm³/mol. The Labute approximate surface area is 129 Å². The van der Waals surface area contributed by atoms with Gasteiger partial charge in [-0.3, -0.25) is 4.79 Å². The number of benzene rings is 1. The minimum atomic E-state index is -3.35. The summed E-state index contributed by atoms with van der Waals surface area (Å²) in [5, 5.41) is 2.96. The van der Waals surface area contributed by atoms with Crippen LogP contribution in [-0.2, 0) is 10.0 Å². The number of sulfonamides is 1. The number of halogens is 1. The molecule has 0 aromatic heterocycles. The van der Waals surface area contributed by atoms with Crippen LogP contribution in [0.15, 0.2) is 23.1 Å². The lowest BCUT2D eigenvalue weighted by Gasteiger charge is -2.25. The monoisotopic (exact) mass is 336 g/mol. The summed E-state index contributed by atoms with van der Waals surface area (Å²) >= 11 is 10.1. The van der Waals surface area contributed by atoms with Crippen molar-refractivity contribution < 1.29 is 13.2 Å². The third-order valence-corrected chi connectivity index (χ3v) is 3.88. The Morgan fingerprint density at radius 3 is 2.55 bits per heavy atom. The highest BCUT2D eigenvalue weighted by molar-refractivity contribution is 7.88. The van der Waals surface area contributed by atoms with Gasteiger partial charge in [0, 0.05) is 17.0 Å². The maximum atomic E-state index is 12.0. The summed E-state index contributed by atoms with van der Waals surface area (Å²) in [6.45, 7) is 3.47. The van der Waals surface area contributed by atoms with Gasteiger partial charge in [-0.15, -0.1) is 12.6 Å². The Bertz CT molecular complexity index is 615. The number of rotatable bonds is 5. The largest absolute Gasteiger partial charge is 0.350 e. The van der Waals surface area contributed by atoms with E-state index in [-0.39, 0.29) is 12.5 Å². The SMILES string of the molecule is CC(C)(CNC(=O)c1cc(S)ccc1Cl)NS(C)(=O)=O. The quantitative estimate of drug-likeness (QED) is 0.716. The maximum Gasteiger partial charge on any atom is 0.252 e. The minimum Gasteiger partial charge on any atom is -0.350 e. The molecule has 1 aromatic carbocycles. The molecule has 112 valence electrons. The van der Waals surface area contributed by atoms with E-state index in [4.69, 9.17) is 11.6 Å². The average molecular weight is 337 g/mol. The first-order valence-corrected chi connectivity index (χ1v) is 8.47. The van der Waals surface area contributed by atoms with Crippen molar-refractivity contribution >= 4 is 40.2 Å². The zero-order valence-electron chi connectivity index (χ0n) is 11.4. The van der Waals surface area contributed by atoms with E-state index in [0.29, 0.717) is 15.5 Å². The molecule has 1 aromatic rings. The van der Waals surface area contributed by atoms with E-state index in [1.54, 1.807) is 32.0 Å². The average Bonchev–Trinajstić information content (AvgIpc) is 2.26. The van der Waals surface area contributed by atoms with Crippen LogP contribution in [0.3, 0.4) is 0 Å². The summed E-state index contributed by atoms with van der Waals surface area (Å²) in [4.78, 5) is 12.6. The fourth-order valence-electron chi connectivity index (χ4n) is 1.62. The van der Waals surface area contributed by atoms with Crippen LogP contribution in [0, 0.1) is 0 Å². The molecule has 1 amide bonds. The summed E-state index contributed by atoms with van der Waals surface area (Å²) < 4.78 is 24.8. The lowest BCUT2D eigenvalue weighted by atomic mass is 10.1. The van der Waals surface area contributed by atoms with Crippen LogP contribution in [0.5, 0.6) is 0 Å². The molecule has 0 unspecified atom stereocenters. The number of thiol groups is 1. The van der Waals surface area contributed by atoms with Crippen molar-refractivity contribution in [2.24, 2.45) is 0 Å². The molecule has 0 aliphatic heterocycles. The second-order valence-electron chi connectivity index (χ2n) is 5.10. The molecular weight excluding hydrogens is 320 g/mol. The topological polar surface area (TPSA) is 75.3 Å². The van der Waals surface area contributed by atoms with Gasteiger partial charge in [0.25, 0.3) is 5.91 Å². The smallest absolute Gasteiger partial charge is 0.252 e. The predicted octanol–water partition coefficient (Wildman–Crippen LogP) is 1.69. The molecule has 8 heteroatoms. The van der Waals surface area contributed by atoms with Crippen molar-refractivity contribution in [2.75, 3.05) is 12.8 Å². The number of nitrogens with one attached hydrogen (secondary N) is 2. The molecule has 2 N–H and O–H groups in total. The maximum absolute atomic E-state index is 12.0. The highest BCUT2D eigenvalue weighted by atomic mass is 35.5. The molecule has 0 heterocycles. The van der Waals surface area contributed by atoms with Gasteiger partial charge in [0.15, 0.2) is 0 Å². The van der Waals surface area contributed by atoms with E-state index < -0.39 is 15.6 Å². The van der Waals surface area contributed by atoms with E-state index in [0.717, 1.165) is 6.26 Å². The van der Waals surface area contributed by atoms with Crippen molar-refractivity contribution in [3.63, 3.8) is 0 Å². The molecule has 20 heavy (non-hydrogen) atoms. The lowest BCUT2D eigenvalue weighted by Crippen LogP contribution is -2.51. The number of amides is 1. The van der Waals surface area contributed by atoms with Gasteiger partial charge in [-0.2, -0.15) is 0 Å². The Kier molecular flexibility index (Phi) is 5.48. The van der Waals surface area contributed by atoms with E-state index in [1.807, 2.05) is 0 Å². The normalized spacial score (nSPS) is 12.2. The third-order valence-electron chi connectivity index (χ3n) is 2.35. The lowest BCUT2D eigenvalue weighted by molar-refractivity contribution is 0.0944. The van der Waals surface area contributed by atoms with Crippen LogP contribution in [0.1, 0.15) is 24.2 Å². The standard InChI is InChI=1S/C12H17ClN2O3S2/c1-12(2,15-20(3,17)18)7-14-11(16)9-6-8(19)4-5-10(9)13/h4-6,15,19H,7H2,1-3H3,(H,14,16). The molecule has 0 aliphatic rings. The van der Waals surface area contributed by atoms with Gasteiger partial charge < -0.3 is 5.32 Å².